The van der Waals surface area contributed by atoms with E-state index in [4.69, 9.17) is 5.14 Å². The zero-order valence-corrected chi connectivity index (χ0v) is 15.2. The van der Waals surface area contributed by atoms with Crippen molar-refractivity contribution in [3.05, 3.63) is 66.4 Å². The third-order valence-corrected chi connectivity index (χ3v) is 5.04. The van der Waals surface area contributed by atoms with Gasteiger partial charge in [0.25, 0.3) is 0 Å². The van der Waals surface area contributed by atoms with Crippen LogP contribution in [0.5, 0.6) is 0 Å². The molecule has 0 amide bonds. The first-order valence-electron chi connectivity index (χ1n) is 8.37. The highest BCUT2D eigenvalue weighted by Crippen LogP contribution is 2.28. The van der Waals surface area contributed by atoms with Gasteiger partial charge in [0.05, 0.1) is 28.1 Å². The van der Waals surface area contributed by atoms with Crippen molar-refractivity contribution in [2.75, 3.05) is 0 Å². The van der Waals surface area contributed by atoms with Crippen LogP contribution < -0.4 is 5.14 Å². The molecule has 0 spiro atoms. The molecule has 0 radical (unpaired) electrons. The highest BCUT2D eigenvalue weighted by molar-refractivity contribution is 7.89. The topological polar surface area (TPSA) is 98.2 Å². The predicted octanol–water partition coefficient (Wildman–Crippen LogP) is 3.02. The van der Waals surface area contributed by atoms with Gasteiger partial charge in [0, 0.05) is 5.56 Å². The number of nitrogens with two attached hydrogens (primary N) is 1. The van der Waals surface area contributed by atoms with Crippen molar-refractivity contribution in [1.82, 2.24) is 9.78 Å². The van der Waals surface area contributed by atoms with Crippen LogP contribution in [0.15, 0.2) is 65.6 Å². The summed E-state index contributed by atoms with van der Waals surface area (Å²) in [6.07, 6.45) is 0.820. The maximum absolute atomic E-state index is 11.5. The molecule has 3 N–H and O–H groups in total. The lowest BCUT2D eigenvalue weighted by atomic mass is 10.1. The standard InChI is InChI=1S/C19H21N3O3S/c1-2-6-19(23)17-13-18(14-7-4-3-5-8-14)22(21-17)15-9-11-16(12-10-15)26(20,24)25/h3-5,7-13,19,23H,2,6H2,1H3,(H2,20,24,25). The van der Waals surface area contributed by atoms with E-state index in [1.54, 1.807) is 16.8 Å². The first-order valence-corrected chi connectivity index (χ1v) is 9.91. The number of rotatable bonds is 6. The molecule has 26 heavy (non-hydrogen) atoms. The number of nitrogens with zero attached hydrogens (tertiary/aromatic N) is 2. The van der Waals surface area contributed by atoms with Crippen molar-refractivity contribution in [2.45, 2.75) is 30.8 Å². The zero-order chi connectivity index (χ0) is 18.7. The molecular weight excluding hydrogens is 350 g/mol. The zero-order valence-electron chi connectivity index (χ0n) is 14.4. The molecular formula is C19H21N3O3S. The Morgan fingerprint density at radius 2 is 1.77 bits per heavy atom. The van der Waals surface area contributed by atoms with E-state index in [-0.39, 0.29) is 4.90 Å². The lowest BCUT2D eigenvalue weighted by molar-refractivity contribution is 0.161. The first-order chi connectivity index (χ1) is 12.4. The van der Waals surface area contributed by atoms with Crippen LogP contribution in [0.25, 0.3) is 16.9 Å². The Hall–Kier alpha value is -2.48. The molecule has 0 bridgehead atoms. The fourth-order valence-electron chi connectivity index (χ4n) is 2.77. The van der Waals surface area contributed by atoms with Crippen molar-refractivity contribution in [3.8, 4) is 16.9 Å². The second-order valence-corrected chi connectivity index (χ2v) is 7.64. The maximum Gasteiger partial charge on any atom is 0.238 e. The molecule has 0 aliphatic rings. The number of primary sulfonamides is 1. The molecule has 1 aromatic heterocycles. The minimum atomic E-state index is -3.75. The lowest BCUT2D eigenvalue weighted by Crippen LogP contribution is -2.12. The van der Waals surface area contributed by atoms with Gasteiger partial charge in [-0.15, -0.1) is 0 Å². The Labute approximate surface area is 153 Å². The monoisotopic (exact) mass is 371 g/mol. The molecule has 6 nitrogen and oxygen atoms in total. The first kappa shape index (κ1) is 18.3. The van der Waals surface area contributed by atoms with Gasteiger partial charge >= 0.3 is 0 Å². The van der Waals surface area contributed by atoms with Crippen LogP contribution in [-0.4, -0.2) is 23.3 Å². The van der Waals surface area contributed by atoms with E-state index in [1.807, 2.05) is 43.3 Å². The number of aromatic nitrogens is 2. The summed E-state index contributed by atoms with van der Waals surface area (Å²) in [7, 11) is -3.75. The number of benzene rings is 2. The summed E-state index contributed by atoms with van der Waals surface area (Å²) in [5.74, 6) is 0. The summed E-state index contributed by atoms with van der Waals surface area (Å²) in [6, 6.07) is 17.8. The minimum Gasteiger partial charge on any atom is -0.387 e. The Balaban J connectivity index is 2.10. The summed E-state index contributed by atoms with van der Waals surface area (Å²) in [5.41, 5.74) is 3.04. The maximum atomic E-state index is 11.5. The average Bonchev–Trinajstić information content (AvgIpc) is 3.07. The fourth-order valence-corrected chi connectivity index (χ4v) is 3.29. The normalized spacial score (nSPS) is 12.9. The van der Waals surface area contributed by atoms with Crippen molar-refractivity contribution in [1.29, 1.82) is 0 Å². The molecule has 3 aromatic rings. The van der Waals surface area contributed by atoms with Crippen molar-refractivity contribution < 1.29 is 13.5 Å². The van der Waals surface area contributed by atoms with Gasteiger partial charge in [-0.25, -0.2) is 18.2 Å². The average molecular weight is 371 g/mol. The minimum absolute atomic E-state index is 0.0425. The van der Waals surface area contributed by atoms with Crippen LogP contribution in [-0.2, 0) is 10.0 Å². The summed E-state index contributed by atoms with van der Waals surface area (Å²) < 4.78 is 24.6. The third kappa shape index (κ3) is 3.85. The molecule has 2 aromatic carbocycles. The van der Waals surface area contributed by atoms with Gasteiger partial charge in [0.2, 0.25) is 10.0 Å². The second kappa shape index (κ2) is 7.41. The van der Waals surface area contributed by atoms with Gasteiger partial charge in [0.15, 0.2) is 0 Å². The van der Waals surface area contributed by atoms with E-state index in [9.17, 15) is 13.5 Å². The van der Waals surface area contributed by atoms with Crippen molar-refractivity contribution in [3.63, 3.8) is 0 Å². The molecule has 1 heterocycles. The van der Waals surface area contributed by atoms with E-state index >= 15 is 0 Å². The molecule has 1 atom stereocenters. The van der Waals surface area contributed by atoms with Gasteiger partial charge in [-0.2, -0.15) is 5.10 Å². The van der Waals surface area contributed by atoms with Crippen LogP contribution >= 0.6 is 0 Å². The van der Waals surface area contributed by atoms with Gasteiger partial charge in [0.1, 0.15) is 0 Å². The number of aliphatic hydroxyl groups excluding tert-OH is 1. The highest BCUT2D eigenvalue weighted by Gasteiger charge is 2.17. The van der Waals surface area contributed by atoms with E-state index in [2.05, 4.69) is 5.10 Å². The second-order valence-electron chi connectivity index (χ2n) is 6.08. The van der Waals surface area contributed by atoms with Gasteiger partial charge in [-0.1, -0.05) is 43.7 Å². The van der Waals surface area contributed by atoms with E-state index in [1.165, 1.54) is 12.1 Å². The lowest BCUT2D eigenvalue weighted by Gasteiger charge is -2.08. The smallest absolute Gasteiger partial charge is 0.238 e. The summed E-state index contributed by atoms with van der Waals surface area (Å²) >= 11 is 0. The molecule has 0 aliphatic carbocycles. The summed E-state index contributed by atoms with van der Waals surface area (Å²) in [5, 5.41) is 20.0. The Bertz CT molecular complexity index is 981. The molecule has 0 saturated heterocycles. The van der Waals surface area contributed by atoms with Crippen LogP contribution in [0.3, 0.4) is 0 Å². The van der Waals surface area contributed by atoms with E-state index in [0.29, 0.717) is 17.8 Å². The predicted molar refractivity (Wildman–Crippen MR) is 100 cm³/mol. The summed E-state index contributed by atoms with van der Waals surface area (Å²) in [6.45, 7) is 2.00. The molecule has 7 heteroatoms. The number of aliphatic hydroxyl groups is 1. The Kier molecular flexibility index (Phi) is 5.22. The van der Waals surface area contributed by atoms with Crippen LogP contribution in [0.1, 0.15) is 31.6 Å². The van der Waals surface area contributed by atoms with E-state index in [0.717, 1.165) is 17.7 Å². The molecule has 0 fully saturated rings. The van der Waals surface area contributed by atoms with Gasteiger partial charge < -0.3 is 5.11 Å². The quantitative estimate of drug-likeness (QED) is 0.696. The molecule has 3 rings (SSSR count). The largest absolute Gasteiger partial charge is 0.387 e. The SMILES string of the molecule is CCCC(O)c1cc(-c2ccccc2)n(-c2ccc(S(N)(=O)=O)cc2)n1. The highest BCUT2D eigenvalue weighted by atomic mass is 32.2. The van der Waals surface area contributed by atoms with Crippen molar-refractivity contribution in [2.24, 2.45) is 5.14 Å². The van der Waals surface area contributed by atoms with Crippen LogP contribution in [0.4, 0.5) is 0 Å². The van der Waals surface area contributed by atoms with Crippen molar-refractivity contribution >= 4 is 10.0 Å². The fraction of sp³-hybridized carbons (Fsp3) is 0.211. The van der Waals surface area contributed by atoms with Crippen LogP contribution in [0, 0.1) is 0 Å². The van der Waals surface area contributed by atoms with Gasteiger partial charge in [-0.05, 0) is 36.8 Å². The molecule has 0 saturated carbocycles. The van der Waals surface area contributed by atoms with Crippen LogP contribution in [0.2, 0.25) is 0 Å². The Morgan fingerprint density at radius 1 is 1.12 bits per heavy atom. The third-order valence-electron chi connectivity index (χ3n) is 4.11. The number of sulfonamides is 1. The van der Waals surface area contributed by atoms with Gasteiger partial charge in [-0.3, -0.25) is 0 Å². The molecule has 136 valence electrons. The number of hydrogen-bond acceptors (Lipinski definition) is 4. The number of hydrogen-bond donors (Lipinski definition) is 2. The molecule has 1 unspecified atom stereocenters. The molecule has 0 aliphatic heterocycles. The Morgan fingerprint density at radius 3 is 2.35 bits per heavy atom. The van der Waals surface area contributed by atoms with E-state index < -0.39 is 16.1 Å². The summed E-state index contributed by atoms with van der Waals surface area (Å²) in [4.78, 5) is 0.0425.